The second-order valence-electron chi connectivity index (χ2n) is 6.62. The Balaban J connectivity index is 1.81. The van der Waals surface area contributed by atoms with E-state index in [1.807, 2.05) is 35.1 Å². The lowest BCUT2D eigenvalue weighted by Crippen LogP contribution is -2.41. The lowest BCUT2D eigenvalue weighted by molar-refractivity contribution is -0.151. The van der Waals surface area contributed by atoms with Gasteiger partial charge in [-0.15, -0.1) is 0 Å². The number of ether oxygens (including phenoxy) is 1. The van der Waals surface area contributed by atoms with E-state index in [2.05, 4.69) is 4.98 Å². The number of imidazole rings is 1. The van der Waals surface area contributed by atoms with Gasteiger partial charge in [-0.2, -0.15) is 11.8 Å². The lowest BCUT2D eigenvalue weighted by atomic mass is 9.88. The van der Waals surface area contributed by atoms with Crippen LogP contribution in [0.25, 0.3) is 11.0 Å². The van der Waals surface area contributed by atoms with Gasteiger partial charge in [0.05, 0.1) is 23.4 Å². The molecule has 0 aliphatic carbocycles. The Morgan fingerprint density at radius 3 is 2.85 bits per heavy atom. The summed E-state index contributed by atoms with van der Waals surface area (Å²) in [6.07, 6.45) is 2.40. The maximum absolute atomic E-state index is 12.9. The Hall–Kier alpha value is -2.06. The summed E-state index contributed by atoms with van der Waals surface area (Å²) in [4.78, 5) is 30.8. The topological polar surface area (TPSA) is 84.7 Å². The molecule has 140 valence electrons. The average Bonchev–Trinajstić information content (AvgIpc) is 3.19. The van der Waals surface area contributed by atoms with Gasteiger partial charge >= 0.3 is 5.97 Å². The predicted molar refractivity (Wildman–Crippen MR) is 100 cm³/mol. The van der Waals surface area contributed by atoms with Crippen LogP contribution in [0.15, 0.2) is 24.3 Å². The van der Waals surface area contributed by atoms with Crippen LogP contribution in [0.4, 0.5) is 0 Å². The Labute approximate surface area is 156 Å². The number of amides is 1. The number of carboxylic acid groups (broad SMARTS) is 1. The minimum atomic E-state index is -1.01. The molecule has 2 heterocycles. The van der Waals surface area contributed by atoms with Gasteiger partial charge in [0.15, 0.2) is 0 Å². The molecule has 1 unspecified atom stereocenters. The zero-order valence-corrected chi connectivity index (χ0v) is 15.8. The second kappa shape index (κ2) is 7.67. The van der Waals surface area contributed by atoms with Crippen LogP contribution in [0, 0.1) is 5.41 Å². The van der Waals surface area contributed by atoms with Crippen molar-refractivity contribution < 1.29 is 19.4 Å². The number of carboxylic acids is 1. The number of benzene rings is 1. The fourth-order valence-electron chi connectivity index (χ4n) is 3.49. The van der Waals surface area contributed by atoms with Crippen LogP contribution < -0.4 is 0 Å². The minimum absolute atomic E-state index is 0.0882. The van der Waals surface area contributed by atoms with Crippen molar-refractivity contribution in [3.8, 4) is 0 Å². The van der Waals surface area contributed by atoms with E-state index in [4.69, 9.17) is 4.74 Å². The molecular formula is C18H23N3O4S. The minimum Gasteiger partial charge on any atom is -0.481 e. The van der Waals surface area contributed by atoms with E-state index in [9.17, 15) is 14.7 Å². The van der Waals surface area contributed by atoms with E-state index >= 15 is 0 Å². The first kappa shape index (κ1) is 18.7. The van der Waals surface area contributed by atoms with Gasteiger partial charge in [0.1, 0.15) is 17.8 Å². The maximum Gasteiger partial charge on any atom is 0.313 e. The monoisotopic (exact) mass is 377 g/mol. The van der Waals surface area contributed by atoms with Gasteiger partial charge in [-0.3, -0.25) is 9.59 Å². The summed E-state index contributed by atoms with van der Waals surface area (Å²) in [6, 6.07) is 7.74. The van der Waals surface area contributed by atoms with Crippen molar-refractivity contribution in [1.82, 2.24) is 14.5 Å². The third-order valence-corrected chi connectivity index (χ3v) is 5.43. The summed E-state index contributed by atoms with van der Waals surface area (Å²) in [6.45, 7) is 0.884. The zero-order valence-electron chi connectivity index (χ0n) is 15.0. The van der Waals surface area contributed by atoms with Crippen LogP contribution in [0.1, 0.15) is 12.2 Å². The van der Waals surface area contributed by atoms with Gasteiger partial charge in [0, 0.05) is 20.2 Å². The van der Waals surface area contributed by atoms with E-state index in [1.54, 1.807) is 16.7 Å². The van der Waals surface area contributed by atoms with E-state index < -0.39 is 11.4 Å². The highest BCUT2D eigenvalue weighted by molar-refractivity contribution is 7.97. The third kappa shape index (κ3) is 3.43. The van der Waals surface area contributed by atoms with Crippen LogP contribution in [0.5, 0.6) is 0 Å². The van der Waals surface area contributed by atoms with Crippen LogP contribution in [-0.2, 0) is 26.6 Å². The Morgan fingerprint density at radius 1 is 1.38 bits per heavy atom. The summed E-state index contributed by atoms with van der Waals surface area (Å²) >= 11 is 1.65. The van der Waals surface area contributed by atoms with E-state index in [0.29, 0.717) is 18.7 Å². The van der Waals surface area contributed by atoms with Crippen molar-refractivity contribution in [2.45, 2.75) is 18.7 Å². The van der Waals surface area contributed by atoms with Crippen LogP contribution in [-0.4, -0.2) is 64.5 Å². The molecule has 1 fully saturated rings. The standard InChI is InChI=1S/C18H23N3O4S/c1-25-12-18(17(23)24)7-8-20(11-18)16(22)9-21-14-6-4-3-5-13(14)19-15(21)10-26-2/h3-6H,7-12H2,1-2H3,(H,23,24). The van der Waals surface area contributed by atoms with Crippen LogP contribution in [0.3, 0.4) is 0 Å². The molecule has 1 amide bonds. The fraction of sp³-hybridized carbons (Fsp3) is 0.500. The van der Waals surface area contributed by atoms with Gasteiger partial charge < -0.3 is 19.3 Å². The molecule has 1 aromatic carbocycles. The zero-order chi connectivity index (χ0) is 18.7. The lowest BCUT2D eigenvalue weighted by Gasteiger charge is -2.24. The number of thioether (sulfide) groups is 1. The van der Waals surface area contributed by atoms with Crippen molar-refractivity contribution in [2.75, 3.05) is 33.1 Å². The first-order chi connectivity index (χ1) is 12.5. The molecule has 1 aromatic heterocycles. The maximum atomic E-state index is 12.9. The molecule has 0 radical (unpaired) electrons. The van der Waals surface area contributed by atoms with Crippen LogP contribution >= 0.6 is 11.8 Å². The van der Waals surface area contributed by atoms with Crippen molar-refractivity contribution in [2.24, 2.45) is 5.41 Å². The highest BCUT2D eigenvalue weighted by Crippen LogP contribution is 2.31. The van der Waals surface area contributed by atoms with Crippen molar-refractivity contribution >= 4 is 34.7 Å². The number of aliphatic carboxylic acids is 1. The number of rotatable bonds is 7. The summed E-state index contributed by atoms with van der Waals surface area (Å²) < 4.78 is 7.03. The molecule has 26 heavy (non-hydrogen) atoms. The fourth-order valence-corrected chi connectivity index (χ4v) is 3.97. The van der Waals surface area contributed by atoms with E-state index in [1.165, 1.54) is 7.11 Å². The summed E-state index contributed by atoms with van der Waals surface area (Å²) in [7, 11) is 1.49. The smallest absolute Gasteiger partial charge is 0.313 e. The number of methoxy groups -OCH3 is 1. The Morgan fingerprint density at radius 2 is 2.15 bits per heavy atom. The molecular weight excluding hydrogens is 354 g/mol. The van der Waals surface area contributed by atoms with Crippen molar-refractivity contribution in [3.05, 3.63) is 30.1 Å². The molecule has 0 saturated carbocycles. The molecule has 1 N–H and O–H groups in total. The number of carbonyl (C=O) groups excluding carboxylic acids is 1. The van der Waals surface area contributed by atoms with Gasteiger partial charge in [-0.05, 0) is 24.8 Å². The third-order valence-electron chi connectivity index (χ3n) is 4.88. The number of likely N-dealkylation sites (tertiary alicyclic amines) is 1. The molecule has 1 aliphatic rings. The number of nitrogens with zero attached hydrogens (tertiary/aromatic N) is 3. The van der Waals surface area contributed by atoms with Crippen LogP contribution in [0.2, 0.25) is 0 Å². The second-order valence-corrected chi connectivity index (χ2v) is 7.49. The summed E-state index contributed by atoms with van der Waals surface area (Å²) in [5, 5.41) is 9.57. The molecule has 1 atom stereocenters. The molecule has 0 spiro atoms. The molecule has 1 aliphatic heterocycles. The molecule has 1 saturated heterocycles. The first-order valence-electron chi connectivity index (χ1n) is 8.44. The number of hydrogen-bond acceptors (Lipinski definition) is 5. The Bertz CT molecular complexity index is 822. The molecule has 8 heteroatoms. The Kier molecular flexibility index (Phi) is 5.52. The normalized spacial score (nSPS) is 20.0. The summed E-state index contributed by atoms with van der Waals surface area (Å²) in [5.41, 5.74) is 0.777. The molecule has 2 aromatic rings. The number of fused-ring (bicyclic) bond motifs is 1. The van der Waals surface area contributed by atoms with Gasteiger partial charge in [-0.25, -0.2) is 4.98 Å². The SMILES string of the molecule is COCC1(C(=O)O)CCN(C(=O)Cn2c(CSC)nc3ccccc32)C1. The van der Waals surface area contributed by atoms with Gasteiger partial charge in [0.2, 0.25) is 5.91 Å². The largest absolute Gasteiger partial charge is 0.481 e. The van der Waals surface area contributed by atoms with Crippen molar-refractivity contribution in [1.29, 1.82) is 0 Å². The molecule has 3 rings (SSSR count). The number of hydrogen-bond donors (Lipinski definition) is 1. The quantitative estimate of drug-likeness (QED) is 0.793. The van der Waals surface area contributed by atoms with Gasteiger partial charge in [0.25, 0.3) is 0 Å². The van der Waals surface area contributed by atoms with Crippen molar-refractivity contribution in [3.63, 3.8) is 0 Å². The number of para-hydroxylation sites is 2. The average molecular weight is 377 g/mol. The molecule has 0 bridgehead atoms. The molecule has 7 nitrogen and oxygen atoms in total. The predicted octanol–water partition coefficient (Wildman–Crippen LogP) is 1.85. The number of carbonyl (C=O) groups is 2. The first-order valence-corrected chi connectivity index (χ1v) is 9.83. The highest BCUT2D eigenvalue weighted by Gasteiger charge is 2.46. The summed E-state index contributed by atoms with van der Waals surface area (Å²) in [5.74, 6) is 0.568. The highest BCUT2D eigenvalue weighted by atomic mass is 32.2. The number of aromatic nitrogens is 2. The van der Waals surface area contributed by atoms with E-state index in [0.717, 1.165) is 16.9 Å². The van der Waals surface area contributed by atoms with E-state index in [-0.39, 0.29) is 25.6 Å². The van der Waals surface area contributed by atoms with Gasteiger partial charge in [-0.1, -0.05) is 12.1 Å².